The number of fused-ring (bicyclic) bond motifs is 1. The summed E-state index contributed by atoms with van der Waals surface area (Å²) in [6.45, 7) is 16.2. The van der Waals surface area contributed by atoms with Gasteiger partial charge in [0.25, 0.3) is 0 Å². The van der Waals surface area contributed by atoms with E-state index < -0.39 is 5.97 Å². The average Bonchev–Trinajstić information content (AvgIpc) is 3.68. The topological polar surface area (TPSA) is 108 Å². The maximum absolute atomic E-state index is 11.5. The molecule has 2 aliphatic heterocycles. The highest BCUT2D eigenvalue weighted by Crippen LogP contribution is 2.38. The first kappa shape index (κ1) is 38.3. The van der Waals surface area contributed by atoms with Crippen molar-refractivity contribution in [3.63, 3.8) is 0 Å². The monoisotopic (exact) mass is 704 g/mol. The number of aliphatic carboxylic acids is 1. The molecule has 0 spiro atoms. The average molecular weight is 705 g/mol. The molecule has 4 aromatic rings. The van der Waals surface area contributed by atoms with Gasteiger partial charge in [0.2, 0.25) is 0 Å². The molecular formula is C43H52N4O5. The van der Waals surface area contributed by atoms with Crippen molar-refractivity contribution in [3.8, 4) is 34.4 Å². The molecule has 9 heteroatoms. The molecular weight excluding hydrogens is 652 g/mol. The summed E-state index contributed by atoms with van der Waals surface area (Å²) in [5.41, 5.74) is 10.1. The molecule has 1 fully saturated rings. The van der Waals surface area contributed by atoms with Crippen molar-refractivity contribution in [3.05, 3.63) is 105 Å². The zero-order valence-electron chi connectivity index (χ0n) is 31.3. The third-order valence-electron chi connectivity index (χ3n) is 9.96. The second-order valence-electron chi connectivity index (χ2n) is 13.3. The summed E-state index contributed by atoms with van der Waals surface area (Å²) in [4.78, 5) is 20.1. The summed E-state index contributed by atoms with van der Waals surface area (Å²) in [7, 11) is 0. The van der Waals surface area contributed by atoms with Crippen LogP contribution >= 0.6 is 0 Å². The van der Waals surface area contributed by atoms with E-state index >= 15 is 0 Å². The highest BCUT2D eigenvalue weighted by molar-refractivity contribution is 5.73. The van der Waals surface area contributed by atoms with E-state index in [2.05, 4.69) is 73.1 Å². The van der Waals surface area contributed by atoms with E-state index in [-0.39, 0.29) is 13.2 Å². The zero-order valence-corrected chi connectivity index (χ0v) is 31.3. The molecule has 6 rings (SSSR count). The van der Waals surface area contributed by atoms with Gasteiger partial charge in [-0.25, -0.2) is 0 Å². The third-order valence-corrected chi connectivity index (χ3v) is 9.96. The van der Waals surface area contributed by atoms with Crippen LogP contribution in [0.25, 0.3) is 11.1 Å². The minimum Gasteiger partial charge on any atom is -0.493 e. The van der Waals surface area contributed by atoms with E-state index in [0.29, 0.717) is 44.0 Å². The number of nitrogens with zero attached hydrogens (tertiary/aromatic N) is 4. The lowest BCUT2D eigenvalue weighted by molar-refractivity contribution is -0.138. The van der Waals surface area contributed by atoms with Crippen molar-refractivity contribution in [2.24, 2.45) is 0 Å². The molecule has 0 amide bonds. The fourth-order valence-corrected chi connectivity index (χ4v) is 7.14. The number of carbonyl (C=O) groups is 1. The van der Waals surface area contributed by atoms with Crippen molar-refractivity contribution in [1.29, 1.82) is 5.26 Å². The second-order valence-corrected chi connectivity index (χ2v) is 13.3. The molecule has 0 unspecified atom stereocenters. The van der Waals surface area contributed by atoms with E-state index in [9.17, 15) is 15.2 Å². The molecule has 0 atom stereocenters. The second kappa shape index (κ2) is 18.5. The number of rotatable bonds is 14. The number of pyridine rings is 1. The van der Waals surface area contributed by atoms with E-state index in [1.165, 1.54) is 32.1 Å². The highest BCUT2D eigenvalue weighted by atomic mass is 16.5. The lowest BCUT2D eigenvalue weighted by Crippen LogP contribution is -2.35. The van der Waals surface area contributed by atoms with Crippen molar-refractivity contribution >= 4 is 5.97 Å². The van der Waals surface area contributed by atoms with Crippen molar-refractivity contribution in [1.82, 2.24) is 14.8 Å². The molecule has 2 aliphatic rings. The Morgan fingerprint density at radius 1 is 0.827 bits per heavy atom. The Balaban J connectivity index is 0.00000257. The van der Waals surface area contributed by atoms with Gasteiger partial charge < -0.3 is 24.2 Å². The predicted molar refractivity (Wildman–Crippen MR) is 204 cm³/mol. The molecule has 0 bridgehead atoms. The third kappa shape index (κ3) is 9.49. The van der Waals surface area contributed by atoms with Gasteiger partial charge in [0, 0.05) is 49.2 Å². The molecule has 1 saturated heterocycles. The molecule has 0 saturated carbocycles. The van der Waals surface area contributed by atoms with Crippen molar-refractivity contribution in [2.45, 2.75) is 80.1 Å². The van der Waals surface area contributed by atoms with Crippen LogP contribution in [0.2, 0.25) is 0 Å². The number of hydrogen-bond acceptors (Lipinski definition) is 8. The Hall–Kier alpha value is -4.91. The maximum Gasteiger partial charge on any atom is 0.317 e. The van der Waals surface area contributed by atoms with Crippen LogP contribution in [0, 0.1) is 32.1 Å². The Kier molecular flexibility index (Phi) is 13.7. The van der Waals surface area contributed by atoms with Gasteiger partial charge in [0.1, 0.15) is 36.5 Å². The highest BCUT2D eigenvalue weighted by Gasteiger charge is 2.26. The first-order chi connectivity index (χ1) is 25.3. The van der Waals surface area contributed by atoms with Crippen molar-refractivity contribution < 1.29 is 24.1 Å². The minimum atomic E-state index is -0.855. The van der Waals surface area contributed by atoms with E-state index in [1.54, 1.807) is 12.3 Å². The Morgan fingerprint density at radius 3 is 2.31 bits per heavy atom. The van der Waals surface area contributed by atoms with Crippen LogP contribution in [-0.2, 0) is 31.0 Å². The smallest absolute Gasteiger partial charge is 0.317 e. The summed E-state index contributed by atoms with van der Waals surface area (Å²) in [6, 6.07) is 18.5. The number of nitriles is 1. The lowest BCUT2D eigenvalue weighted by atomic mass is 9.93. The summed E-state index contributed by atoms with van der Waals surface area (Å²) < 4.78 is 19.2. The Morgan fingerprint density at radius 2 is 1.56 bits per heavy atom. The Bertz CT molecular complexity index is 1880. The quantitative estimate of drug-likeness (QED) is 0.131. The summed E-state index contributed by atoms with van der Waals surface area (Å²) in [5, 5.41) is 18.8. The number of carboxylic acids is 1. The summed E-state index contributed by atoms with van der Waals surface area (Å²) in [5.74, 6) is 1.46. The molecule has 52 heavy (non-hydrogen) atoms. The van der Waals surface area contributed by atoms with Gasteiger partial charge in [-0.1, -0.05) is 44.2 Å². The predicted octanol–water partition coefficient (Wildman–Crippen LogP) is 8.04. The Labute approximate surface area is 308 Å². The van der Waals surface area contributed by atoms with Gasteiger partial charge in [-0.2, -0.15) is 5.26 Å². The van der Waals surface area contributed by atoms with Gasteiger partial charge in [-0.3, -0.25) is 14.7 Å². The van der Waals surface area contributed by atoms with Crippen LogP contribution in [0.3, 0.4) is 0 Å². The maximum atomic E-state index is 11.5. The van der Waals surface area contributed by atoms with Gasteiger partial charge >= 0.3 is 5.97 Å². The van der Waals surface area contributed by atoms with Crippen LogP contribution in [-0.4, -0.2) is 65.2 Å². The molecule has 3 aromatic carbocycles. The van der Waals surface area contributed by atoms with Crippen LogP contribution in [0.4, 0.5) is 0 Å². The van der Waals surface area contributed by atoms with Gasteiger partial charge in [-0.05, 0) is 111 Å². The molecule has 0 aliphatic carbocycles. The normalized spacial score (nSPS) is 14.2. The number of hydrogen-bond donors (Lipinski definition) is 1. The van der Waals surface area contributed by atoms with E-state index in [0.717, 1.165) is 74.5 Å². The SMILES string of the molecule is CC.Cc1c(COc2cc(OCc3cncc(C#N)c3)c3c(c2C)CCN(CC(=O)O)C3)cccc1-c1cccc(OCCCN2CCCC2)c1C. The molecule has 3 heterocycles. The van der Waals surface area contributed by atoms with Crippen LogP contribution in [0.1, 0.15) is 77.6 Å². The summed E-state index contributed by atoms with van der Waals surface area (Å²) >= 11 is 0. The van der Waals surface area contributed by atoms with Crippen molar-refractivity contribution in [2.75, 3.05) is 39.3 Å². The van der Waals surface area contributed by atoms with Gasteiger partial charge in [0.15, 0.2) is 0 Å². The van der Waals surface area contributed by atoms with Crippen LogP contribution in [0.15, 0.2) is 60.9 Å². The number of likely N-dealkylation sites (tertiary alicyclic amines) is 1. The summed E-state index contributed by atoms with van der Waals surface area (Å²) in [6.07, 6.45) is 7.54. The molecule has 1 N–H and O–H groups in total. The van der Waals surface area contributed by atoms with Crippen LogP contribution in [0.5, 0.6) is 17.2 Å². The van der Waals surface area contributed by atoms with Gasteiger partial charge in [0.05, 0.1) is 18.7 Å². The first-order valence-corrected chi connectivity index (χ1v) is 18.5. The van der Waals surface area contributed by atoms with E-state index in [1.807, 2.05) is 24.8 Å². The molecule has 9 nitrogen and oxygen atoms in total. The molecule has 0 radical (unpaired) electrons. The number of carboxylic acid groups (broad SMARTS) is 1. The minimum absolute atomic E-state index is 0.0345. The fraction of sp³-hybridized carbons (Fsp3) is 0.419. The lowest BCUT2D eigenvalue weighted by Gasteiger charge is -2.31. The molecule has 1 aromatic heterocycles. The fourth-order valence-electron chi connectivity index (χ4n) is 7.14. The van der Waals surface area contributed by atoms with Crippen LogP contribution < -0.4 is 14.2 Å². The van der Waals surface area contributed by atoms with Gasteiger partial charge in [-0.15, -0.1) is 0 Å². The number of ether oxygens (including phenoxy) is 3. The largest absolute Gasteiger partial charge is 0.493 e. The standard InChI is InChI=1S/C41H46N4O5.C2H6/c1-28-33(9-6-10-34(28)35-11-7-12-38(29(35)2)48-18-8-16-44-14-4-5-15-44)27-50-39-20-40(49-26-32-19-31(21-42)22-43-23-32)37-24-45(25-41(46)47)17-13-36(37)30(39)3;1-2/h6-7,9-12,19-20,22-23H,4-5,8,13-18,24-27H2,1-3H3,(H,46,47);1-2H3. The number of benzene rings is 3. The zero-order chi connectivity index (χ0) is 37.0. The van der Waals surface area contributed by atoms with E-state index in [4.69, 9.17) is 14.2 Å². The number of aromatic nitrogens is 1. The molecule has 274 valence electrons. The first-order valence-electron chi connectivity index (χ1n) is 18.5.